The summed E-state index contributed by atoms with van der Waals surface area (Å²) in [6.45, 7) is 3.80. The molecule has 0 radical (unpaired) electrons. The Balaban J connectivity index is 1.35. The minimum absolute atomic E-state index is 0.00681. The molecular weight excluding hydrogens is 396 g/mol. The van der Waals surface area contributed by atoms with Gasteiger partial charge in [0, 0.05) is 35.6 Å². The molecule has 7 heteroatoms. The molecule has 162 valence electrons. The molecule has 0 heterocycles. The quantitative estimate of drug-likeness (QED) is 0.583. The summed E-state index contributed by atoms with van der Waals surface area (Å²) in [5, 5.41) is 3.50. The number of halogens is 2. The van der Waals surface area contributed by atoms with Crippen molar-refractivity contribution in [2.24, 2.45) is 0 Å². The predicted octanol–water partition coefficient (Wildman–Crippen LogP) is 4.79. The van der Waals surface area contributed by atoms with Crippen molar-refractivity contribution in [3.63, 3.8) is 0 Å². The smallest absolute Gasteiger partial charge is 0.217 e. The lowest BCUT2D eigenvalue weighted by molar-refractivity contribution is -0.119. The van der Waals surface area contributed by atoms with Gasteiger partial charge in [0.05, 0.1) is 12.7 Å². The van der Waals surface area contributed by atoms with Gasteiger partial charge in [0.1, 0.15) is 23.8 Å². The van der Waals surface area contributed by atoms with E-state index in [-0.39, 0.29) is 37.1 Å². The van der Waals surface area contributed by atoms with E-state index in [1.807, 2.05) is 18.7 Å². The highest BCUT2D eigenvalue weighted by atomic mass is 32.2. The monoisotopic (exact) mass is 427 g/mol. The largest absolute Gasteiger partial charge is 0.490 e. The lowest BCUT2D eigenvalue weighted by atomic mass is 9.97. The molecular formula is C22H31F2NO3S. The van der Waals surface area contributed by atoms with E-state index in [4.69, 9.17) is 9.47 Å². The molecule has 1 N–H and O–H groups in total. The van der Waals surface area contributed by atoms with Crippen LogP contribution >= 0.6 is 11.8 Å². The predicted molar refractivity (Wildman–Crippen MR) is 112 cm³/mol. The second kappa shape index (κ2) is 10.1. The molecule has 2 aliphatic rings. The number of amides is 1. The van der Waals surface area contributed by atoms with Crippen LogP contribution in [-0.2, 0) is 16.1 Å². The van der Waals surface area contributed by atoms with Gasteiger partial charge in [0.2, 0.25) is 5.91 Å². The molecule has 1 aromatic carbocycles. The summed E-state index contributed by atoms with van der Waals surface area (Å²) >= 11 is 1.91. The molecule has 1 aromatic rings. The number of alkyl halides is 1. The molecule has 0 spiro atoms. The lowest BCUT2D eigenvalue weighted by Gasteiger charge is -2.29. The standard InChI is InChI=1S/C22H31F2NO3S/c1-15(25-16(2)26)13-29-20-7-5-18(6-8-20)27-12-17-3-4-19(11-21(17)23)28-14-22(24)9-10-22/h3-4,11,15,18,20H,5-10,12-14H2,1-2H3,(H,25,26)/t15-,18?,20?/m0/s1. The summed E-state index contributed by atoms with van der Waals surface area (Å²) in [5.41, 5.74) is -0.712. The Kier molecular flexibility index (Phi) is 7.79. The van der Waals surface area contributed by atoms with Crippen molar-refractivity contribution in [1.29, 1.82) is 0 Å². The van der Waals surface area contributed by atoms with Crippen molar-refractivity contribution in [3.8, 4) is 5.75 Å². The molecule has 0 aliphatic heterocycles. The second-order valence-electron chi connectivity index (χ2n) is 8.34. The molecule has 4 nitrogen and oxygen atoms in total. The van der Waals surface area contributed by atoms with E-state index in [1.165, 1.54) is 6.07 Å². The van der Waals surface area contributed by atoms with Gasteiger partial charge in [-0.05, 0) is 51.5 Å². The third kappa shape index (κ3) is 7.45. The van der Waals surface area contributed by atoms with Crippen LogP contribution in [0, 0.1) is 5.82 Å². The van der Waals surface area contributed by atoms with Gasteiger partial charge >= 0.3 is 0 Å². The van der Waals surface area contributed by atoms with E-state index in [0.717, 1.165) is 31.4 Å². The zero-order valence-corrected chi connectivity index (χ0v) is 18.0. The van der Waals surface area contributed by atoms with Crippen LogP contribution in [0.2, 0.25) is 0 Å². The fraction of sp³-hybridized carbons (Fsp3) is 0.682. The highest BCUT2D eigenvalue weighted by Crippen LogP contribution is 2.40. The van der Waals surface area contributed by atoms with Gasteiger partial charge in [0.15, 0.2) is 0 Å². The zero-order chi connectivity index (χ0) is 20.9. The Labute approximate surface area is 176 Å². The Morgan fingerprint density at radius 3 is 2.66 bits per heavy atom. The maximum Gasteiger partial charge on any atom is 0.217 e. The van der Waals surface area contributed by atoms with Gasteiger partial charge in [-0.3, -0.25) is 4.79 Å². The van der Waals surface area contributed by atoms with Crippen LogP contribution in [0.4, 0.5) is 8.78 Å². The van der Waals surface area contributed by atoms with E-state index < -0.39 is 5.67 Å². The molecule has 2 fully saturated rings. The number of carbonyl (C=O) groups is 1. The van der Waals surface area contributed by atoms with Crippen LogP contribution in [0.1, 0.15) is 57.9 Å². The molecule has 1 atom stereocenters. The average Bonchev–Trinajstić information content (AvgIpc) is 3.42. The fourth-order valence-electron chi connectivity index (χ4n) is 3.47. The van der Waals surface area contributed by atoms with Crippen molar-refractivity contribution < 1.29 is 23.0 Å². The van der Waals surface area contributed by atoms with Crippen molar-refractivity contribution in [1.82, 2.24) is 5.32 Å². The minimum atomic E-state index is -1.21. The maximum absolute atomic E-state index is 14.3. The fourth-order valence-corrected chi connectivity index (χ4v) is 4.72. The molecule has 0 aromatic heterocycles. The topological polar surface area (TPSA) is 47.6 Å². The van der Waals surface area contributed by atoms with Gasteiger partial charge < -0.3 is 14.8 Å². The third-order valence-electron chi connectivity index (χ3n) is 5.44. The van der Waals surface area contributed by atoms with Gasteiger partial charge in [-0.15, -0.1) is 0 Å². The lowest BCUT2D eigenvalue weighted by Crippen LogP contribution is -2.33. The van der Waals surface area contributed by atoms with E-state index in [1.54, 1.807) is 19.1 Å². The average molecular weight is 428 g/mol. The maximum atomic E-state index is 14.3. The summed E-state index contributed by atoms with van der Waals surface area (Å²) in [6, 6.07) is 4.83. The summed E-state index contributed by atoms with van der Waals surface area (Å²) in [4.78, 5) is 11.1. The Bertz CT molecular complexity index is 691. The van der Waals surface area contributed by atoms with Crippen LogP contribution in [0.25, 0.3) is 0 Å². The molecule has 2 saturated carbocycles. The normalized spacial score (nSPS) is 24.0. The van der Waals surface area contributed by atoms with Crippen LogP contribution < -0.4 is 10.1 Å². The summed E-state index contributed by atoms with van der Waals surface area (Å²) in [5.74, 6) is 0.915. The van der Waals surface area contributed by atoms with Crippen LogP contribution in [0.15, 0.2) is 18.2 Å². The van der Waals surface area contributed by atoms with Gasteiger partial charge in [-0.1, -0.05) is 6.07 Å². The zero-order valence-electron chi connectivity index (χ0n) is 17.2. The first-order valence-electron chi connectivity index (χ1n) is 10.4. The molecule has 1 amide bonds. The Morgan fingerprint density at radius 2 is 2.03 bits per heavy atom. The van der Waals surface area contributed by atoms with Crippen LogP contribution in [-0.4, -0.2) is 41.3 Å². The molecule has 0 saturated heterocycles. The second-order valence-corrected chi connectivity index (χ2v) is 9.67. The highest BCUT2D eigenvalue weighted by molar-refractivity contribution is 7.99. The van der Waals surface area contributed by atoms with Crippen LogP contribution in [0.3, 0.4) is 0 Å². The van der Waals surface area contributed by atoms with E-state index in [0.29, 0.717) is 29.4 Å². The molecule has 0 unspecified atom stereocenters. The number of hydrogen-bond acceptors (Lipinski definition) is 4. The summed E-state index contributed by atoms with van der Waals surface area (Å²) in [7, 11) is 0. The Hall–Kier alpha value is -1.34. The van der Waals surface area contributed by atoms with E-state index in [2.05, 4.69) is 5.32 Å². The molecule has 29 heavy (non-hydrogen) atoms. The van der Waals surface area contributed by atoms with E-state index >= 15 is 0 Å². The number of ether oxygens (including phenoxy) is 2. The number of carbonyl (C=O) groups excluding carboxylic acids is 1. The Morgan fingerprint density at radius 1 is 1.31 bits per heavy atom. The number of rotatable bonds is 10. The van der Waals surface area contributed by atoms with E-state index in [9.17, 15) is 13.6 Å². The summed E-state index contributed by atoms with van der Waals surface area (Å²) < 4.78 is 39.2. The number of nitrogens with one attached hydrogen (secondary N) is 1. The first-order valence-corrected chi connectivity index (χ1v) is 11.5. The summed E-state index contributed by atoms with van der Waals surface area (Å²) in [6.07, 6.45) is 5.27. The van der Waals surface area contributed by atoms with Gasteiger partial charge in [-0.2, -0.15) is 11.8 Å². The van der Waals surface area contributed by atoms with Crippen molar-refractivity contribution in [3.05, 3.63) is 29.6 Å². The molecule has 3 rings (SSSR count). The third-order valence-corrected chi connectivity index (χ3v) is 7.08. The number of benzene rings is 1. The number of thioether (sulfide) groups is 1. The SMILES string of the molecule is CC(=O)N[C@@H](C)CSC1CCC(OCc2ccc(OCC3(F)CC3)cc2F)CC1. The first-order chi connectivity index (χ1) is 13.8. The molecule has 0 bridgehead atoms. The van der Waals surface area contributed by atoms with Gasteiger partial charge in [0.25, 0.3) is 0 Å². The van der Waals surface area contributed by atoms with Crippen LogP contribution in [0.5, 0.6) is 5.75 Å². The van der Waals surface area contributed by atoms with Crippen molar-refractivity contribution in [2.75, 3.05) is 12.4 Å². The minimum Gasteiger partial charge on any atom is -0.490 e. The molecule has 2 aliphatic carbocycles. The first kappa shape index (κ1) is 22.3. The highest BCUT2D eigenvalue weighted by Gasteiger charge is 2.44. The van der Waals surface area contributed by atoms with Crippen molar-refractivity contribution >= 4 is 17.7 Å². The van der Waals surface area contributed by atoms with Crippen molar-refractivity contribution in [2.45, 2.75) is 82.0 Å². The van der Waals surface area contributed by atoms with Gasteiger partial charge in [-0.25, -0.2) is 8.78 Å². The number of hydrogen-bond donors (Lipinski definition) is 1.